The molecule has 1 amide bonds. The molecule has 24 heavy (non-hydrogen) atoms. The number of aromatic nitrogens is 3. The first-order valence-corrected chi connectivity index (χ1v) is 8.85. The average Bonchev–Trinajstić information content (AvgIpc) is 3.36. The fourth-order valence-corrected chi connectivity index (χ4v) is 3.32. The molecule has 0 aliphatic heterocycles. The molecule has 0 aromatic carbocycles. The number of pyridine rings is 1. The molecule has 0 saturated heterocycles. The molecule has 0 bridgehead atoms. The summed E-state index contributed by atoms with van der Waals surface area (Å²) in [6.45, 7) is 2.41. The Hall–Kier alpha value is -2.33. The minimum absolute atomic E-state index is 0.136. The van der Waals surface area contributed by atoms with E-state index in [0.717, 1.165) is 23.7 Å². The molecule has 2 aromatic rings. The van der Waals surface area contributed by atoms with Crippen LogP contribution in [0.5, 0.6) is 0 Å². The number of nitriles is 1. The number of thioether (sulfide) groups is 1. The van der Waals surface area contributed by atoms with Gasteiger partial charge in [-0.05, 0) is 37.8 Å². The van der Waals surface area contributed by atoms with Crippen molar-refractivity contribution in [1.29, 1.82) is 5.26 Å². The maximum atomic E-state index is 12.2. The van der Waals surface area contributed by atoms with Crippen molar-refractivity contribution in [3.63, 3.8) is 0 Å². The van der Waals surface area contributed by atoms with Crippen LogP contribution >= 0.6 is 11.8 Å². The number of carbonyl (C=O) groups excluding carboxylic acids is 1. The normalized spacial score (nSPS) is 16.2. The lowest BCUT2D eigenvalue weighted by molar-refractivity contribution is -0.119. The van der Waals surface area contributed by atoms with Crippen molar-refractivity contribution in [3.05, 3.63) is 42.5 Å². The zero-order chi connectivity index (χ0) is 17.0. The summed E-state index contributed by atoms with van der Waals surface area (Å²) in [5.41, 5.74) is 0.189. The summed E-state index contributed by atoms with van der Waals surface area (Å²) >= 11 is 1.37. The van der Waals surface area contributed by atoms with Crippen LogP contribution in [-0.4, -0.2) is 31.7 Å². The molecule has 3 rings (SSSR count). The highest BCUT2D eigenvalue weighted by molar-refractivity contribution is 7.99. The zero-order valence-corrected chi connectivity index (χ0v) is 14.3. The molecule has 1 atom stereocenters. The summed E-state index contributed by atoms with van der Waals surface area (Å²) in [7, 11) is 0. The lowest BCUT2D eigenvalue weighted by Crippen LogP contribution is -2.47. The highest BCUT2D eigenvalue weighted by atomic mass is 32.2. The first kappa shape index (κ1) is 16.5. The van der Waals surface area contributed by atoms with Crippen molar-refractivity contribution in [2.24, 2.45) is 5.92 Å². The Morgan fingerprint density at radius 3 is 2.96 bits per heavy atom. The molecule has 0 radical (unpaired) electrons. The monoisotopic (exact) mass is 341 g/mol. The lowest BCUT2D eigenvalue weighted by Gasteiger charge is -2.22. The Morgan fingerprint density at radius 1 is 1.46 bits per heavy atom. The third-order valence-electron chi connectivity index (χ3n) is 4.09. The second-order valence-corrected chi connectivity index (χ2v) is 7.03. The largest absolute Gasteiger partial charge is 0.337 e. The van der Waals surface area contributed by atoms with E-state index in [1.165, 1.54) is 11.8 Å². The predicted molar refractivity (Wildman–Crippen MR) is 91.2 cm³/mol. The van der Waals surface area contributed by atoms with Gasteiger partial charge in [0.2, 0.25) is 5.91 Å². The summed E-state index contributed by atoms with van der Waals surface area (Å²) in [6.07, 6.45) is 7.36. The Balaban J connectivity index is 1.56. The van der Waals surface area contributed by atoms with Gasteiger partial charge in [0.05, 0.1) is 24.1 Å². The van der Waals surface area contributed by atoms with E-state index in [1.54, 1.807) is 19.3 Å². The second-order valence-electron chi connectivity index (χ2n) is 6.08. The average molecular weight is 341 g/mol. The molecule has 7 heteroatoms. The predicted octanol–water partition coefficient (Wildman–Crippen LogP) is 2.23. The summed E-state index contributed by atoms with van der Waals surface area (Å²) in [5, 5.41) is 12.9. The molecule has 2 aromatic heterocycles. The number of rotatable bonds is 7. The summed E-state index contributed by atoms with van der Waals surface area (Å²) < 4.78 is 1.96. The quantitative estimate of drug-likeness (QED) is 0.781. The van der Waals surface area contributed by atoms with Gasteiger partial charge in [0.25, 0.3) is 0 Å². The van der Waals surface area contributed by atoms with Gasteiger partial charge < -0.3 is 9.88 Å². The van der Waals surface area contributed by atoms with Crippen LogP contribution in [0.3, 0.4) is 0 Å². The van der Waals surface area contributed by atoms with Crippen LogP contribution in [0.2, 0.25) is 0 Å². The van der Waals surface area contributed by atoms with Gasteiger partial charge in [-0.1, -0.05) is 17.8 Å². The smallest absolute Gasteiger partial charge is 0.231 e. The van der Waals surface area contributed by atoms with E-state index < -0.39 is 5.54 Å². The van der Waals surface area contributed by atoms with Gasteiger partial charge >= 0.3 is 0 Å². The molecule has 1 N–H and O–H groups in total. The van der Waals surface area contributed by atoms with E-state index in [1.807, 2.05) is 29.0 Å². The van der Waals surface area contributed by atoms with E-state index in [2.05, 4.69) is 21.4 Å². The second kappa shape index (κ2) is 7.05. The SMILES string of the molecule is C[C@](C#N)(NC(=O)CSc1nccn1Cc1ccccn1)C1CC1. The molecule has 2 heterocycles. The Labute approximate surface area is 145 Å². The van der Waals surface area contributed by atoms with E-state index in [-0.39, 0.29) is 17.6 Å². The van der Waals surface area contributed by atoms with Gasteiger partial charge in [0.1, 0.15) is 5.54 Å². The van der Waals surface area contributed by atoms with Crippen LogP contribution in [0.1, 0.15) is 25.5 Å². The minimum Gasteiger partial charge on any atom is -0.337 e. The van der Waals surface area contributed by atoms with Gasteiger partial charge in [-0.2, -0.15) is 5.26 Å². The highest BCUT2D eigenvalue weighted by Crippen LogP contribution is 2.39. The molecule has 1 aliphatic rings. The number of nitrogens with one attached hydrogen (secondary N) is 1. The van der Waals surface area contributed by atoms with E-state index in [0.29, 0.717) is 6.54 Å². The van der Waals surface area contributed by atoms with Crippen molar-refractivity contribution in [3.8, 4) is 6.07 Å². The van der Waals surface area contributed by atoms with Gasteiger partial charge in [-0.15, -0.1) is 0 Å². The molecule has 0 unspecified atom stereocenters. The minimum atomic E-state index is -0.749. The van der Waals surface area contributed by atoms with Crippen LogP contribution in [-0.2, 0) is 11.3 Å². The molecule has 0 spiro atoms. The van der Waals surface area contributed by atoms with Crippen molar-refractivity contribution >= 4 is 17.7 Å². The first-order chi connectivity index (χ1) is 11.6. The molecule has 6 nitrogen and oxygen atoms in total. The van der Waals surface area contributed by atoms with Crippen LogP contribution < -0.4 is 5.32 Å². The number of hydrogen-bond acceptors (Lipinski definition) is 5. The molecule has 1 aliphatic carbocycles. The van der Waals surface area contributed by atoms with Crippen LogP contribution in [0.15, 0.2) is 41.9 Å². The molecule has 1 fully saturated rings. The molecular formula is C17H19N5OS. The van der Waals surface area contributed by atoms with Gasteiger partial charge in [0, 0.05) is 18.6 Å². The lowest BCUT2D eigenvalue weighted by atomic mass is 9.98. The highest BCUT2D eigenvalue weighted by Gasteiger charge is 2.42. The third-order valence-corrected chi connectivity index (χ3v) is 5.10. The van der Waals surface area contributed by atoms with E-state index in [9.17, 15) is 10.1 Å². The fourth-order valence-electron chi connectivity index (χ4n) is 2.56. The number of imidazole rings is 1. The Morgan fingerprint density at radius 2 is 2.29 bits per heavy atom. The summed E-state index contributed by atoms with van der Waals surface area (Å²) in [5.74, 6) is 0.384. The van der Waals surface area contributed by atoms with Crippen molar-refractivity contribution in [2.75, 3.05) is 5.75 Å². The standard InChI is InChI=1S/C17H19N5OS/c1-17(12-18,13-5-6-13)21-15(23)11-24-16-20-8-9-22(16)10-14-4-2-3-7-19-14/h2-4,7-9,13H,5-6,10-11H2,1H3,(H,21,23)/t17-/m1/s1. The van der Waals surface area contributed by atoms with Crippen LogP contribution in [0.25, 0.3) is 0 Å². The van der Waals surface area contributed by atoms with Crippen molar-refractivity contribution < 1.29 is 4.79 Å². The van der Waals surface area contributed by atoms with Crippen LogP contribution in [0, 0.1) is 17.2 Å². The number of nitrogens with zero attached hydrogens (tertiary/aromatic N) is 4. The maximum absolute atomic E-state index is 12.2. The van der Waals surface area contributed by atoms with Crippen molar-refractivity contribution in [1.82, 2.24) is 19.9 Å². The van der Waals surface area contributed by atoms with E-state index >= 15 is 0 Å². The van der Waals surface area contributed by atoms with E-state index in [4.69, 9.17) is 0 Å². The third kappa shape index (κ3) is 3.95. The first-order valence-electron chi connectivity index (χ1n) is 7.87. The Bertz CT molecular complexity index is 750. The fraction of sp³-hybridized carbons (Fsp3) is 0.412. The number of carbonyl (C=O) groups is 1. The summed E-state index contributed by atoms with van der Waals surface area (Å²) in [4.78, 5) is 20.8. The van der Waals surface area contributed by atoms with Crippen LogP contribution in [0.4, 0.5) is 0 Å². The van der Waals surface area contributed by atoms with Gasteiger partial charge in [-0.25, -0.2) is 4.98 Å². The van der Waals surface area contributed by atoms with Gasteiger partial charge in [-0.3, -0.25) is 9.78 Å². The van der Waals surface area contributed by atoms with Crippen molar-refractivity contribution in [2.45, 2.75) is 37.0 Å². The molecule has 124 valence electrons. The topological polar surface area (TPSA) is 83.6 Å². The zero-order valence-electron chi connectivity index (χ0n) is 13.5. The molecular weight excluding hydrogens is 322 g/mol. The molecule has 1 saturated carbocycles. The number of amides is 1. The Kier molecular flexibility index (Phi) is 4.86. The number of hydrogen-bond donors (Lipinski definition) is 1. The van der Waals surface area contributed by atoms with Gasteiger partial charge in [0.15, 0.2) is 5.16 Å². The summed E-state index contributed by atoms with van der Waals surface area (Å²) in [6, 6.07) is 8.01. The maximum Gasteiger partial charge on any atom is 0.231 e.